The molecule has 0 aliphatic carbocycles. The number of nitrogens with zero attached hydrogens (tertiary/aromatic N) is 1. The van der Waals surface area contributed by atoms with Crippen LogP contribution in [-0.2, 0) is 0 Å². The summed E-state index contributed by atoms with van der Waals surface area (Å²) in [6, 6.07) is 58.0. The third-order valence-electron chi connectivity index (χ3n) is 9.43. The molecule has 0 spiro atoms. The lowest BCUT2D eigenvalue weighted by Gasteiger charge is -2.27. The van der Waals surface area contributed by atoms with E-state index >= 15 is 0 Å². The van der Waals surface area contributed by atoms with Crippen LogP contribution < -0.4 is 4.90 Å². The van der Waals surface area contributed by atoms with E-state index < -0.39 is 0 Å². The summed E-state index contributed by atoms with van der Waals surface area (Å²) in [4.78, 5) is 2.36. The topological polar surface area (TPSA) is 29.5 Å². The van der Waals surface area contributed by atoms with Gasteiger partial charge in [-0.2, -0.15) is 0 Å². The molecule has 2 heterocycles. The standard InChI is InChI=1S/C44H27NO2/c1-2-9-28(10-3-1)29-19-22-32(23-20-29)45(39-13-8-16-42-44(39)35-12-5-7-15-41(35)46-42)33-24-21-30-17-18-31-25-43-38(27-37(31)36(30)26-33)34-11-4-6-14-40(34)47-43/h1-27H. The monoisotopic (exact) mass is 601 g/mol. The smallest absolute Gasteiger partial charge is 0.137 e. The van der Waals surface area contributed by atoms with E-state index in [4.69, 9.17) is 8.83 Å². The fourth-order valence-electron chi connectivity index (χ4n) is 7.20. The zero-order valence-electron chi connectivity index (χ0n) is 25.4. The van der Waals surface area contributed by atoms with Crippen LogP contribution in [0.25, 0.3) is 76.5 Å². The molecule has 3 nitrogen and oxygen atoms in total. The van der Waals surface area contributed by atoms with Crippen LogP contribution in [0.15, 0.2) is 173 Å². The average Bonchev–Trinajstić information content (AvgIpc) is 3.70. The molecule has 0 bridgehead atoms. The molecule has 0 atom stereocenters. The van der Waals surface area contributed by atoms with Gasteiger partial charge in [0.25, 0.3) is 0 Å². The largest absolute Gasteiger partial charge is 0.456 e. The fourth-order valence-corrected chi connectivity index (χ4v) is 7.20. The molecule has 0 saturated carbocycles. The van der Waals surface area contributed by atoms with E-state index in [-0.39, 0.29) is 0 Å². The molecule has 10 aromatic rings. The maximum absolute atomic E-state index is 6.35. The summed E-state index contributed by atoms with van der Waals surface area (Å²) in [5.74, 6) is 0. The number of furan rings is 2. The van der Waals surface area contributed by atoms with Crippen LogP contribution in [0.5, 0.6) is 0 Å². The molecule has 10 rings (SSSR count). The lowest BCUT2D eigenvalue weighted by molar-refractivity contribution is 0.669. The van der Waals surface area contributed by atoms with Gasteiger partial charge in [-0.25, -0.2) is 0 Å². The van der Waals surface area contributed by atoms with Crippen molar-refractivity contribution in [2.75, 3.05) is 4.90 Å². The normalized spacial score (nSPS) is 11.8. The van der Waals surface area contributed by atoms with E-state index in [9.17, 15) is 0 Å². The summed E-state index contributed by atoms with van der Waals surface area (Å²) < 4.78 is 12.6. The Labute approximate surface area is 270 Å². The van der Waals surface area contributed by atoms with Crippen LogP contribution in [0.1, 0.15) is 0 Å². The van der Waals surface area contributed by atoms with Gasteiger partial charge in [-0.1, -0.05) is 103 Å². The Morgan fingerprint density at radius 1 is 0.340 bits per heavy atom. The number of anilines is 3. The van der Waals surface area contributed by atoms with Crippen molar-refractivity contribution in [1.29, 1.82) is 0 Å². The molecule has 220 valence electrons. The first kappa shape index (κ1) is 26.0. The Bertz CT molecular complexity index is 2790. The van der Waals surface area contributed by atoms with Gasteiger partial charge in [-0.15, -0.1) is 0 Å². The minimum Gasteiger partial charge on any atom is -0.456 e. The van der Waals surface area contributed by atoms with Gasteiger partial charge in [0.05, 0.1) is 11.1 Å². The molecule has 0 aliphatic heterocycles. The molecule has 2 aromatic heterocycles. The van der Waals surface area contributed by atoms with Gasteiger partial charge in [0.2, 0.25) is 0 Å². The summed E-state index contributed by atoms with van der Waals surface area (Å²) in [7, 11) is 0. The predicted octanol–water partition coefficient (Wildman–Crippen LogP) is 12.9. The molecule has 0 amide bonds. The van der Waals surface area contributed by atoms with Gasteiger partial charge in [0.1, 0.15) is 22.3 Å². The number of hydrogen-bond acceptors (Lipinski definition) is 3. The van der Waals surface area contributed by atoms with E-state index in [0.717, 1.165) is 66.3 Å². The highest BCUT2D eigenvalue weighted by Crippen LogP contribution is 2.44. The highest BCUT2D eigenvalue weighted by Gasteiger charge is 2.20. The third-order valence-corrected chi connectivity index (χ3v) is 9.43. The van der Waals surface area contributed by atoms with Crippen LogP contribution in [0, 0.1) is 0 Å². The molecule has 0 N–H and O–H groups in total. The molecule has 0 fully saturated rings. The van der Waals surface area contributed by atoms with Crippen LogP contribution in [0.3, 0.4) is 0 Å². The molecule has 0 unspecified atom stereocenters. The number of hydrogen-bond donors (Lipinski definition) is 0. The van der Waals surface area contributed by atoms with E-state index in [1.54, 1.807) is 0 Å². The van der Waals surface area contributed by atoms with E-state index in [1.807, 2.05) is 24.3 Å². The summed E-state index contributed by atoms with van der Waals surface area (Å²) >= 11 is 0. The summed E-state index contributed by atoms with van der Waals surface area (Å²) in [5, 5.41) is 9.22. The van der Waals surface area contributed by atoms with Gasteiger partial charge < -0.3 is 13.7 Å². The predicted molar refractivity (Wildman–Crippen MR) is 196 cm³/mol. The zero-order valence-corrected chi connectivity index (χ0v) is 25.4. The Balaban J connectivity index is 1.23. The van der Waals surface area contributed by atoms with Gasteiger partial charge in [-0.05, 0) is 93.3 Å². The quantitative estimate of drug-likeness (QED) is 0.188. The second kappa shape index (κ2) is 10.1. The van der Waals surface area contributed by atoms with Gasteiger partial charge in [-0.3, -0.25) is 0 Å². The lowest BCUT2D eigenvalue weighted by Crippen LogP contribution is -2.10. The minimum absolute atomic E-state index is 0.870. The maximum atomic E-state index is 6.35. The first-order chi connectivity index (χ1) is 23.3. The van der Waals surface area contributed by atoms with Crippen molar-refractivity contribution in [1.82, 2.24) is 0 Å². The number of para-hydroxylation sites is 2. The zero-order chi connectivity index (χ0) is 30.9. The first-order valence-corrected chi connectivity index (χ1v) is 15.9. The summed E-state index contributed by atoms with van der Waals surface area (Å²) in [6.45, 7) is 0. The Kier molecular flexibility index (Phi) is 5.57. The number of rotatable bonds is 4. The molecule has 0 aliphatic rings. The molecular formula is C44H27NO2. The van der Waals surface area contributed by atoms with Crippen LogP contribution in [-0.4, -0.2) is 0 Å². The first-order valence-electron chi connectivity index (χ1n) is 15.9. The highest BCUT2D eigenvalue weighted by atomic mass is 16.3. The molecule has 0 saturated heterocycles. The van der Waals surface area contributed by atoms with Gasteiger partial charge in [0, 0.05) is 27.5 Å². The average molecular weight is 602 g/mol. The minimum atomic E-state index is 0.870. The van der Waals surface area contributed by atoms with Crippen molar-refractivity contribution in [3.05, 3.63) is 164 Å². The third kappa shape index (κ3) is 4.07. The summed E-state index contributed by atoms with van der Waals surface area (Å²) in [5.41, 5.74) is 9.18. The SMILES string of the molecule is c1ccc(-c2ccc(N(c3ccc4ccc5cc6oc7ccccc7c6cc5c4c3)c3cccc4oc5ccccc5c34)cc2)cc1. The van der Waals surface area contributed by atoms with Crippen molar-refractivity contribution in [3.63, 3.8) is 0 Å². The molecule has 8 aromatic carbocycles. The lowest BCUT2D eigenvalue weighted by atomic mass is 9.98. The Hall–Kier alpha value is -6.32. The number of fused-ring (bicyclic) bond motifs is 9. The van der Waals surface area contributed by atoms with Crippen LogP contribution in [0.4, 0.5) is 17.1 Å². The maximum Gasteiger partial charge on any atom is 0.137 e. The van der Waals surface area contributed by atoms with Crippen molar-refractivity contribution in [2.24, 2.45) is 0 Å². The van der Waals surface area contributed by atoms with Crippen molar-refractivity contribution in [3.8, 4) is 11.1 Å². The van der Waals surface area contributed by atoms with Crippen LogP contribution >= 0.6 is 0 Å². The van der Waals surface area contributed by atoms with Crippen molar-refractivity contribution in [2.45, 2.75) is 0 Å². The van der Waals surface area contributed by atoms with Crippen molar-refractivity contribution >= 4 is 82.5 Å². The molecule has 47 heavy (non-hydrogen) atoms. The Morgan fingerprint density at radius 2 is 0.957 bits per heavy atom. The fraction of sp³-hybridized carbons (Fsp3) is 0. The molecule has 3 heteroatoms. The van der Waals surface area contributed by atoms with Gasteiger partial charge >= 0.3 is 0 Å². The number of benzene rings is 8. The van der Waals surface area contributed by atoms with E-state index in [1.165, 1.54) is 27.3 Å². The second-order valence-corrected chi connectivity index (χ2v) is 12.1. The van der Waals surface area contributed by atoms with E-state index in [2.05, 4.69) is 144 Å². The molecule has 0 radical (unpaired) electrons. The Morgan fingerprint density at radius 3 is 1.81 bits per heavy atom. The van der Waals surface area contributed by atoms with E-state index in [0.29, 0.717) is 0 Å². The highest BCUT2D eigenvalue weighted by molar-refractivity contribution is 6.18. The summed E-state index contributed by atoms with van der Waals surface area (Å²) in [6.07, 6.45) is 0. The van der Waals surface area contributed by atoms with Gasteiger partial charge in [0.15, 0.2) is 0 Å². The molecular weight excluding hydrogens is 574 g/mol. The van der Waals surface area contributed by atoms with Crippen LogP contribution in [0.2, 0.25) is 0 Å². The second-order valence-electron chi connectivity index (χ2n) is 12.1. The van der Waals surface area contributed by atoms with Crippen molar-refractivity contribution < 1.29 is 8.83 Å².